The Balaban J connectivity index is 2.74. The van der Waals surface area contributed by atoms with Gasteiger partial charge in [-0.3, -0.25) is 4.79 Å². The molecular formula is C13H13N2O3. The van der Waals surface area contributed by atoms with Crippen molar-refractivity contribution in [2.45, 2.75) is 6.04 Å². The quantitative estimate of drug-likeness (QED) is 0.639. The predicted octanol–water partition coefficient (Wildman–Crippen LogP) is 0.0269. The lowest BCUT2D eigenvalue weighted by Gasteiger charge is -2.13. The summed E-state index contributed by atoms with van der Waals surface area (Å²) in [4.78, 5) is 22.6. The number of rotatable bonds is 5. The molecule has 0 aliphatic rings. The van der Waals surface area contributed by atoms with Gasteiger partial charge in [-0.2, -0.15) is 0 Å². The standard InChI is InChI=1S/C13H13N2O3/c1-3-9-4-6-10(7-5-9)12(16)15-11(8-14-2)13(17)18/h4-7,11,14H,8H2,2H3,(H,15,16)(H,17,18). The fourth-order valence-electron chi connectivity index (χ4n) is 1.35. The van der Waals surface area contributed by atoms with Gasteiger partial charge < -0.3 is 15.7 Å². The molecule has 0 aliphatic carbocycles. The number of likely N-dealkylation sites (N-methyl/N-ethyl adjacent to an activating group) is 1. The van der Waals surface area contributed by atoms with Crippen molar-refractivity contribution in [1.29, 1.82) is 0 Å². The highest BCUT2D eigenvalue weighted by Gasteiger charge is 2.19. The van der Waals surface area contributed by atoms with E-state index in [-0.39, 0.29) is 6.54 Å². The Hall–Kier alpha value is -2.32. The Morgan fingerprint density at radius 3 is 2.44 bits per heavy atom. The number of carboxylic acids is 1. The summed E-state index contributed by atoms with van der Waals surface area (Å²) in [5, 5.41) is 14.0. The van der Waals surface area contributed by atoms with E-state index in [4.69, 9.17) is 11.5 Å². The summed E-state index contributed by atoms with van der Waals surface area (Å²) in [5.74, 6) is 0.628. The molecule has 93 valence electrons. The molecule has 0 spiro atoms. The van der Waals surface area contributed by atoms with Gasteiger partial charge in [0.2, 0.25) is 0 Å². The lowest BCUT2D eigenvalue weighted by molar-refractivity contribution is -0.139. The number of carboxylic acid groups (broad SMARTS) is 1. The Kier molecular flexibility index (Phi) is 4.90. The number of carbonyl (C=O) groups is 2. The minimum atomic E-state index is -1.10. The van der Waals surface area contributed by atoms with Gasteiger partial charge in [-0.15, -0.1) is 0 Å². The largest absolute Gasteiger partial charge is 0.480 e. The number of carbonyl (C=O) groups excluding carboxylic acids is 1. The first-order valence-corrected chi connectivity index (χ1v) is 5.29. The zero-order chi connectivity index (χ0) is 13.5. The third-order valence-electron chi connectivity index (χ3n) is 2.30. The molecule has 1 unspecified atom stereocenters. The van der Waals surface area contributed by atoms with Gasteiger partial charge in [-0.25, -0.2) is 4.79 Å². The van der Waals surface area contributed by atoms with Crippen LogP contribution < -0.4 is 10.6 Å². The van der Waals surface area contributed by atoms with Crippen LogP contribution in [-0.4, -0.2) is 36.6 Å². The number of aliphatic carboxylic acids is 1. The lowest BCUT2D eigenvalue weighted by Crippen LogP contribution is -2.46. The van der Waals surface area contributed by atoms with E-state index >= 15 is 0 Å². The van der Waals surface area contributed by atoms with Crippen LogP contribution in [0.1, 0.15) is 15.9 Å². The van der Waals surface area contributed by atoms with E-state index in [0.29, 0.717) is 11.1 Å². The second-order valence-corrected chi connectivity index (χ2v) is 3.62. The van der Waals surface area contributed by atoms with E-state index in [0.717, 1.165) is 0 Å². The normalized spacial score (nSPS) is 11.3. The Morgan fingerprint density at radius 1 is 1.39 bits per heavy atom. The van der Waals surface area contributed by atoms with Gasteiger partial charge in [-0.05, 0) is 37.7 Å². The van der Waals surface area contributed by atoms with Crippen molar-refractivity contribution in [3.8, 4) is 5.92 Å². The maximum Gasteiger partial charge on any atom is 0.327 e. The Bertz CT molecular complexity index is 474. The molecule has 0 fully saturated rings. The topological polar surface area (TPSA) is 78.4 Å². The molecule has 5 nitrogen and oxygen atoms in total. The van der Waals surface area contributed by atoms with E-state index < -0.39 is 17.9 Å². The molecule has 3 N–H and O–H groups in total. The molecule has 0 aromatic heterocycles. The zero-order valence-corrected chi connectivity index (χ0v) is 9.86. The third-order valence-corrected chi connectivity index (χ3v) is 2.30. The molecule has 1 radical (unpaired) electrons. The van der Waals surface area contributed by atoms with Gasteiger partial charge in [0, 0.05) is 17.7 Å². The number of amides is 1. The van der Waals surface area contributed by atoms with Gasteiger partial charge in [0.25, 0.3) is 5.91 Å². The van der Waals surface area contributed by atoms with Crippen LogP contribution in [-0.2, 0) is 4.79 Å². The van der Waals surface area contributed by atoms with Crippen molar-refractivity contribution < 1.29 is 14.7 Å². The summed E-state index contributed by atoms with van der Waals surface area (Å²) in [7, 11) is 1.61. The lowest BCUT2D eigenvalue weighted by atomic mass is 10.1. The molecule has 1 rings (SSSR count). The Labute approximate surface area is 105 Å². The molecule has 0 heterocycles. The smallest absolute Gasteiger partial charge is 0.327 e. The zero-order valence-electron chi connectivity index (χ0n) is 9.86. The van der Waals surface area contributed by atoms with Crippen molar-refractivity contribution in [2.24, 2.45) is 0 Å². The highest BCUT2D eigenvalue weighted by molar-refractivity contribution is 5.96. The van der Waals surface area contributed by atoms with Crippen molar-refractivity contribution in [1.82, 2.24) is 10.6 Å². The first-order valence-electron chi connectivity index (χ1n) is 5.29. The SMILES string of the molecule is [C]#Cc1ccc(C(=O)NC(CNC)C(=O)O)cc1. The van der Waals surface area contributed by atoms with Crippen molar-refractivity contribution in [3.05, 3.63) is 41.8 Å². The molecule has 0 aliphatic heterocycles. The fourth-order valence-corrected chi connectivity index (χ4v) is 1.35. The van der Waals surface area contributed by atoms with E-state index in [1.165, 1.54) is 12.1 Å². The summed E-state index contributed by atoms with van der Waals surface area (Å²) in [6, 6.07) is 5.19. The van der Waals surface area contributed by atoms with Crippen LogP contribution in [0.3, 0.4) is 0 Å². The predicted molar refractivity (Wildman–Crippen MR) is 65.5 cm³/mol. The van der Waals surface area contributed by atoms with Crippen LogP contribution in [0.5, 0.6) is 0 Å². The van der Waals surface area contributed by atoms with Crippen molar-refractivity contribution in [3.63, 3.8) is 0 Å². The highest BCUT2D eigenvalue weighted by atomic mass is 16.4. The van der Waals surface area contributed by atoms with E-state index in [1.807, 2.05) is 0 Å². The van der Waals surface area contributed by atoms with Crippen LogP contribution in [0, 0.1) is 12.3 Å². The van der Waals surface area contributed by atoms with Crippen LogP contribution in [0.4, 0.5) is 0 Å². The summed E-state index contributed by atoms with van der Waals surface area (Å²) in [6.45, 7) is 0.146. The summed E-state index contributed by atoms with van der Waals surface area (Å²) >= 11 is 0. The fraction of sp³-hybridized carbons (Fsp3) is 0.231. The molecule has 0 saturated heterocycles. The highest BCUT2D eigenvalue weighted by Crippen LogP contribution is 2.03. The second kappa shape index (κ2) is 6.42. The number of hydrogen-bond acceptors (Lipinski definition) is 3. The monoisotopic (exact) mass is 245 g/mol. The average molecular weight is 245 g/mol. The van der Waals surface area contributed by atoms with E-state index in [1.54, 1.807) is 19.2 Å². The molecule has 5 heteroatoms. The molecule has 1 amide bonds. The molecular weight excluding hydrogens is 232 g/mol. The molecule has 18 heavy (non-hydrogen) atoms. The summed E-state index contributed by atoms with van der Waals surface area (Å²) in [6.07, 6.45) is 6.91. The van der Waals surface area contributed by atoms with Crippen LogP contribution >= 0.6 is 0 Å². The van der Waals surface area contributed by atoms with Crippen LogP contribution in [0.2, 0.25) is 0 Å². The molecule has 0 bridgehead atoms. The van der Waals surface area contributed by atoms with Crippen LogP contribution in [0.15, 0.2) is 24.3 Å². The van der Waals surface area contributed by atoms with Gasteiger partial charge in [0.1, 0.15) is 6.04 Å². The molecule has 1 atom stereocenters. The number of benzene rings is 1. The van der Waals surface area contributed by atoms with Crippen LogP contribution in [0.25, 0.3) is 0 Å². The van der Waals surface area contributed by atoms with E-state index in [9.17, 15) is 9.59 Å². The Morgan fingerprint density at radius 2 is 2.00 bits per heavy atom. The van der Waals surface area contributed by atoms with Crippen molar-refractivity contribution >= 4 is 11.9 Å². The van der Waals surface area contributed by atoms with Gasteiger partial charge >= 0.3 is 5.97 Å². The van der Waals surface area contributed by atoms with Crippen molar-refractivity contribution in [2.75, 3.05) is 13.6 Å². The maximum atomic E-state index is 11.8. The first kappa shape index (κ1) is 13.7. The average Bonchev–Trinajstić information content (AvgIpc) is 2.38. The minimum absolute atomic E-state index is 0.146. The third kappa shape index (κ3) is 3.61. The van der Waals surface area contributed by atoms with E-state index in [2.05, 4.69) is 16.6 Å². The van der Waals surface area contributed by atoms with Gasteiger partial charge in [0.05, 0.1) is 0 Å². The molecule has 1 aromatic carbocycles. The van der Waals surface area contributed by atoms with Gasteiger partial charge in [-0.1, -0.05) is 5.92 Å². The first-order chi connectivity index (χ1) is 8.58. The second-order valence-electron chi connectivity index (χ2n) is 3.62. The number of hydrogen-bond donors (Lipinski definition) is 3. The minimum Gasteiger partial charge on any atom is -0.480 e. The summed E-state index contributed by atoms with van der Waals surface area (Å²) < 4.78 is 0. The molecule has 0 saturated carbocycles. The number of nitrogens with one attached hydrogen (secondary N) is 2. The molecule has 1 aromatic rings. The van der Waals surface area contributed by atoms with Gasteiger partial charge in [0.15, 0.2) is 0 Å². The summed E-state index contributed by atoms with van der Waals surface area (Å²) in [5.41, 5.74) is 0.896. The maximum absolute atomic E-state index is 11.8.